The average Bonchev–Trinajstić information content (AvgIpc) is 2.73. The van der Waals surface area contributed by atoms with Crippen LogP contribution in [0.2, 0.25) is 0 Å². The van der Waals surface area contributed by atoms with Crippen molar-refractivity contribution in [2.75, 3.05) is 13.1 Å². The summed E-state index contributed by atoms with van der Waals surface area (Å²) in [6, 6.07) is 3.27. The molecular weight excluding hydrogens is 296 g/mol. The third-order valence-electron chi connectivity index (χ3n) is 3.94. The lowest BCUT2D eigenvalue weighted by Crippen LogP contribution is -2.32. The summed E-state index contributed by atoms with van der Waals surface area (Å²) >= 11 is 5.70. The molecule has 0 saturated carbocycles. The number of hydrogen-bond donors (Lipinski definition) is 0. The van der Waals surface area contributed by atoms with E-state index in [2.05, 4.69) is 11.9 Å². The number of alkyl halides is 1. The topological polar surface area (TPSA) is 50.3 Å². The molecular formula is C14H21ClN2O2S. The van der Waals surface area contributed by atoms with Crippen molar-refractivity contribution in [3.63, 3.8) is 0 Å². The van der Waals surface area contributed by atoms with E-state index in [4.69, 9.17) is 11.6 Å². The quantitative estimate of drug-likeness (QED) is 0.802. The van der Waals surface area contributed by atoms with E-state index in [0.29, 0.717) is 24.9 Å². The van der Waals surface area contributed by atoms with E-state index in [0.717, 1.165) is 31.2 Å². The van der Waals surface area contributed by atoms with Crippen molar-refractivity contribution in [1.29, 1.82) is 0 Å². The van der Waals surface area contributed by atoms with Crippen LogP contribution in [0.25, 0.3) is 0 Å². The maximum atomic E-state index is 12.6. The second-order valence-corrected chi connectivity index (χ2v) is 7.40. The molecule has 20 heavy (non-hydrogen) atoms. The van der Waals surface area contributed by atoms with Crippen LogP contribution in [-0.4, -0.2) is 30.8 Å². The van der Waals surface area contributed by atoms with Crippen molar-refractivity contribution in [2.45, 2.75) is 43.5 Å². The molecule has 6 heteroatoms. The molecule has 2 rings (SSSR count). The van der Waals surface area contributed by atoms with Crippen molar-refractivity contribution in [3.8, 4) is 0 Å². The summed E-state index contributed by atoms with van der Waals surface area (Å²) in [4.78, 5) is 4.05. The van der Waals surface area contributed by atoms with E-state index in [-0.39, 0.29) is 5.03 Å². The van der Waals surface area contributed by atoms with Gasteiger partial charge in [-0.1, -0.05) is 19.4 Å². The molecule has 1 aromatic heterocycles. The molecule has 2 heterocycles. The van der Waals surface area contributed by atoms with Gasteiger partial charge in [-0.2, -0.15) is 4.31 Å². The van der Waals surface area contributed by atoms with Crippen LogP contribution in [0.4, 0.5) is 0 Å². The van der Waals surface area contributed by atoms with E-state index in [9.17, 15) is 8.42 Å². The second-order valence-electron chi connectivity index (χ2n) is 5.25. The summed E-state index contributed by atoms with van der Waals surface area (Å²) in [6.45, 7) is 3.36. The van der Waals surface area contributed by atoms with Crippen molar-refractivity contribution in [3.05, 3.63) is 23.9 Å². The molecule has 0 N–H and O–H groups in total. The molecule has 0 radical (unpaired) electrons. The molecule has 4 nitrogen and oxygen atoms in total. The Balaban J connectivity index is 2.16. The summed E-state index contributed by atoms with van der Waals surface area (Å²) in [5.74, 6) is 0.983. The fourth-order valence-electron chi connectivity index (χ4n) is 2.56. The molecule has 0 bridgehead atoms. The predicted octanol–water partition coefficient (Wildman–Crippen LogP) is 3.02. The van der Waals surface area contributed by atoms with E-state index in [1.165, 1.54) is 6.20 Å². The van der Waals surface area contributed by atoms with Crippen molar-refractivity contribution < 1.29 is 8.42 Å². The van der Waals surface area contributed by atoms with Gasteiger partial charge in [0.2, 0.25) is 0 Å². The minimum atomic E-state index is -3.46. The number of sulfonamides is 1. The third kappa shape index (κ3) is 3.51. The molecule has 0 spiro atoms. The van der Waals surface area contributed by atoms with Gasteiger partial charge in [0.05, 0.1) is 0 Å². The molecule has 1 saturated heterocycles. The maximum absolute atomic E-state index is 12.6. The molecule has 1 aromatic rings. The number of nitrogens with zero attached hydrogens (tertiary/aromatic N) is 2. The lowest BCUT2D eigenvalue weighted by molar-refractivity contribution is 0.406. The summed E-state index contributed by atoms with van der Waals surface area (Å²) in [7, 11) is -3.46. The first-order valence-electron chi connectivity index (χ1n) is 7.09. The Labute approximate surface area is 126 Å². The monoisotopic (exact) mass is 316 g/mol. The van der Waals surface area contributed by atoms with Crippen molar-refractivity contribution in [1.82, 2.24) is 9.29 Å². The summed E-state index contributed by atoms with van der Waals surface area (Å²) in [6.07, 6.45) is 5.64. The van der Waals surface area contributed by atoms with Gasteiger partial charge in [-0.15, -0.1) is 11.6 Å². The van der Waals surface area contributed by atoms with Crippen LogP contribution in [0.5, 0.6) is 0 Å². The van der Waals surface area contributed by atoms with E-state index >= 15 is 0 Å². The smallest absolute Gasteiger partial charge is 0.243 e. The first-order valence-corrected chi connectivity index (χ1v) is 9.06. The molecule has 0 aromatic carbocycles. The number of aromatic nitrogens is 1. The number of pyridine rings is 1. The van der Waals surface area contributed by atoms with Crippen molar-refractivity contribution in [2.24, 2.45) is 5.92 Å². The summed E-state index contributed by atoms with van der Waals surface area (Å²) in [5.41, 5.74) is 0.826. The molecule has 0 aliphatic carbocycles. The Morgan fingerprint density at radius 3 is 2.75 bits per heavy atom. The minimum absolute atomic E-state index is 0.126. The van der Waals surface area contributed by atoms with Crippen molar-refractivity contribution >= 4 is 21.6 Å². The maximum Gasteiger partial charge on any atom is 0.260 e. The third-order valence-corrected chi connectivity index (χ3v) is 6.06. The Morgan fingerprint density at radius 1 is 1.35 bits per heavy atom. The zero-order valence-corrected chi connectivity index (χ0v) is 13.3. The van der Waals surface area contributed by atoms with Crippen LogP contribution < -0.4 is 0 Å². The number of rotatable bonds is 4. The fourth-order valence-corrected chi connectivity index (χ4v) is 4.13. The normalized spacial score (nSPS) is 21.6. The SMILES string of the molecule is CCC1CCCN(S(=O)(=O)c2ccc(CCl)cn2)CC1. The largest absolute Gasteiger partial charge is 0.260 e. The van der Waals surface area contributed by atoms with Crippen LogP contribution in [0, 0.1) is 5.92 Å². The lowest BCUT2D eigenvalue weighted by Gasteiger charge is -2.19. The van der Waals surface area contributed by atoms with E-state index < -0.39 is 10.0 Å². The highest BCUT2D eigenvalue weighted by molar-refractivity contribution is 7.89. The fraction of sp³-hybridized carbons (Fsp3) is 0.643. The van der Waals surface area contributed by atoms with Crippen LogP contribution >= 0.6 is 11.6 Å². The Kier molecular flexibility index (Phi) is 5.41. The standard InChI is InChI=1S/C14H21ClN2O2S/c1-2-12-4-3-8-17(9-7-12)20(18,19)14-6-5-13(10-15)11-16-14/h5-6,11-12H,2-4,7-10H2,1H3. The first kappa shape index (κ1) is 15.7. The predicted molar refractivity (Wildman–Crippen MR) is 80.2 cm³/mol. The van der Waals surface area contributed by atoms with Gasteiger partial charge in [-0.05, 0) is 36.8 Å². The van der Waals surface area contributed by atoms with Gasteiger partial charge < -0.3 is 0 Å². The molecule has 1 aliphatic heterocycles. The molecule has 1 fully saturated rings. The molecule has 1 unspecified atom stereocenters. The summed E-state index contributed by atoms with van der Waals surface area (Å²) < 4.78 is 26.7. The average molecular weight is 317 g/mol. The molecule has 1 aliphatic rings. The minimum Gasteiger partial charge on any atom is -0.243 e. The first-order chi connectivity index (χ1) is 9.57. The van der Waals surface area contributed by atoms with Crippen LogP contribution in [0.15, 0.2) is 23.4 Å². The van der Waals surface area contributed by atoms with Gasteiger partial charge in [-0.25, -0.2) is 13.4 Å². The van der Waals surface area contributed by atoms with Gasteiger partial charge in [0.25, 0.3) is 10.0 Å². The second kappa shape index (κ2) is 6.87. The van der Waals surface area contributed by atoms with Gasteiger partial charge in [-0.3, -0.25) is 0 Å². The summed E-state index contributed by atoms with van der Waals surface area (Å²) in [5, 5.41) is 0.126. The number of hydrogen-bond acceptors (Lipinski definition) is 3. The molecule has 1 atom stereocenters. The molecule has 0 amide bonds. The van der Waals surface area contributed by atoms with Crippen LogP contribution in [-0.2, 0) is 15.9 Å². The lowest BCUT2D eigenvalue weighted by atomic mass is 9.98. The highest BCUT2D eigenvalue weighted by atomic mass is 35.5. The van der Waals surface area contributed by atoms with E-state index in [1.807, 2.05) is 0 Å². The number of halogens is 1. The van der Waals surface area contributed by atoms with Crippen LogP contribution in [0.3, 0.4) is 0 Å². The van der Waals surface area contributed by atoms with Gasteiger partial charge in [0, 0.05) is 25.2 Å². The highest BCUT2D eigenvalue weighted by Crippen LogP contribution is 2.24. The Morgan fingerprint density at radius 2 is 2.15 bits per heavy atom. The Bertz CT molecular complexity index is 531. The Hall–Kier alpha value is -0.650. The highest BCUT2D eigenvalue weighted by Gasteiger charge is 2.28. The van der Waals surface area contributed by atoms with Gasteiger partial charge >= 0.3 is 0 Å². The zero-order valence-electron chi connectivity index (χ0n) is 11.8. The molecule has 112 valence electrons. The van der Waals surface area contributed by atoms with Gasteiger partial charge in [0.1, 0.15) is 0 Å². The van der Waals surface area contributed by atoms with Gasteiger partial charge in [0.15, 0.2) is 5.03 Å². The van der Waals surface area contributed by atoms with E-state index in [1.54, 1.807) is 16.4 Å². The zero-order chi connectivity index (χ0) is 14.6. The van der Waals surface area contributed by atoms with Crippen LogP contribution in [0.1, 0.15) is 38.2 Å².